The number of nitrogens with zero attached hydrogens (tertiary/aromatic N) is 1. The van der Waals surface area contributed by atoms with Crippen molar-refractivity contribution in [1.82, 2.24) is 10.2 Å². The average molecular weight is 257 g/mol. The number of piperazine rings is 1. The zero-order chi connectivity index (χ0) is 11.0. The van der Waals surface area contributed by atoms with E-state index >= 15 is 0 Å². The van der Waals surface area contributed by atoms with Crippen molar-refractivity contribution in [2.75, 3.05) is 13.1 Å². The van der Waals surface area contributed by atoms with Crippen LogP contribution >= 0.6 is 22.9 Å². The zero-order valence-corrected chi connectivity index (χ0v) is 10.9. The summed E-state index contributed by atoms with van der Waals surface area (Å²) >= 11 is 7.79. The second-order valence-electron chi connectivity index (χ2n) is 4.91. The van der Waals surface area contributed by atoms with Crippen molar-refractivity contribution in [1.29, 1.82) is 0 Å². The molecule has 1 aromatic rings. The summed E-state index contributed by atoms with van der Waals surface area (Å²) in [5.41, 5.74) is 1.30. The molecular formula is C12H17ClN2S. The monoisotopic (exact) mass is 256 g/mol. The van der Waals surface area contributed by atoms with Crippen LogP contribution in [0.4, 0.5) is 0 Å². The van der Waals surface area contributed by atoms with Crippen LogP contribution < -0.4 is 5.32 Å². The van der Waals surface area contributed by atoms with Crippen molar-refractivity contribution >= 4 is 22.9 Å². The first-order valence-corrected chi connectivity index (χ1v) is 7.27. The quantitative estimate of drug-likeness (QED) is 0.875. The van der Waals surface area contributed by atoms with Crippen LogP contribution in [0.5, 0.6) is 0 Å². The van der Waals surface area contributed by atoms with Gasteiger partial charge in [-0.25, -0.2) is 0 Å². The van der Waals surface area contributed by atoms with Crippen LogP contribution in [0.3, 0.4) is 0 Å². The molecule has 2 bridgehead atoms. The molecule has 3 rings (SSSR count). The van der Waals surface area contributed by atoms with Gasteiger partial charge in [0.15, 0.2) is 0 Å². The van der Waals surface area contributed by atoms with E-state index in [9.17, 15) is 0 Å². The number of nitrogens with one attached hydrogen (secondary N) is 1. The third kappa shape index (κ3) is 2.28. The smallest absolute Gasteiger partial charge is 0.0973 e. The van der Waals surface area contributed by atoms with E-state index in [1.54, 1.807) is 11.3 Å². The van der Waals surface area contributed by atoms with E-state index in [4.69, 9.17) is 11.6 Å². The minimum atomic E-state index is 0.713. The lowest BCUT2D eigenvalue weighted by molar-refractivity contribution is 0.119. The second kappa shape index (κ2) is 4.65. The standard InChI is InChI=1S/C12H17ClN2S/c13-12-9(4-5-16-12)6-15-7-10-2-1-3-11(8-15)14-10/h4-5,10-11,14H,1-3,6-8H2. The predicted octanol–water partition coefficient (Wildman–Crippen LogP) is 2.73. The van der Waals surface area contributed by atoms with Crippen LogP contribution in [0.2, 0.25) is 4.34 Å². The first kappa shape index (κ1) is 11.0. The zero-order valence-electron chi connectivity index (χ0n) is 9.29. The minimum Gasteiger partial charge on any atom is -0.309 e. The molecular weight excluding hydrogens is 240 g/mol. The fourth-order valence-electron chi connectivity index (χ4n) is 2.90. The minimum absolute atomic E-state index is 0.713. The van der Waals surface area contributed by atoms with Gasteiger partial charge in [0.25, 0.3) is 0 Å². The molecule has 2 aliphatic rings. The Labute approximate surface area is 106 Å². The maximum atomic E-state index is 6.16. The summed E-state index contributed by atoms with van der Waals surface area (Å²) < 4.78 is 0.962. The number of halogens is 1. The Balaban J connectivity index is 1.65. The van der Waals surface area contributed by atoms with Gasteiger partial charge in [0, 0.05) is 31.7 Å². The fraction of sp³-hybridized carbons (Fsp3) is 0.667. The number of hydrogen-bond acceptors (Lipinski definition) is 3. The van der Waals surface area contributed by atoms with Crippen LogP contribution in [-0.4, -0.2) is 30.1 Å². The lowest BCUT2D eigenvalue weighted by Gasteiger charge is -2.42. The highest BCUT2D eigenvalue weighted by atomic mass is 35.5. The summed E-state index contributed by atoms with van der Waals surface area (Å²) in [5, 5.41) is 5.79. The van der Waals surface area contributed by atoms with Gasteiger partial charge in [-0.05, 0) is 29.9 Å². The predicted molar refractivity (Wildman–Crippen MR) is 69.2 cm³/mol. The molecule has 2 aliphatic heterocycles. The molecule has 4 heteroatoms. The highest BCUT2D eigenvalue weighted by Gasteiger charge is 2.29. The Kier molecular flexibility index (Phi) is 3.20. The molecule has 0 saturated carbocycles. The summed E-state index contributed by atoms with van der Waals surface area (Å²) in [4.78, 5) is 2.55. The van der Waals surface area contributed by atoms with Gasteiger partial charge in [0.1, 0.15) is 0 Å². The van der Waals surface area contributed by atoms with Gasteiger partial charge in [0.2, 0.25) is 0 Å². The first-order valence-electron chi connectivity index (χ1n) is 6.01. The second-order valence-corrected chi connectivity index (χ2v) is 6.42. The van der Waals surface area contributed by atoms with Crippen molar-refractivity contribution in [3.8, 4) is 0 Å². The third-order valence-corrected chi connectivity index (χ3v) is 4.87. The number of fused-ring (bicyclic) bond motifs is 2. The summed E-state index contributed by atoms with van der Waals surface area (Å²) in [5.74, 6) is 0. The highest BCUT2D eigenvalue weighted by molar-refractivity contribution is 7.14. The highest BCUT2D eigenvalue weighted by Crippen LogP contribution is 2.26. The Morgan fingerprint density at radius 1 is 1.38 bits per heavy atom. The van der Waals surface area contributed by atoms with Crippen molar-refractivity contribution in [2.24, 2.45) is 0 Å². The summed E-state index contributed by atoms with van der Waals surface area (Å²) in [6, 6.07) is 3.58. The van der Waals surface area contributed by atoms with Crippen molar-refractivity contribution < 1.29 is 0 Å². The maximum absolute atomic E-state index is 6.16. The molecule has 0 aromatic carbocycles. The molecule has 0 radical (unpaired) electrons. The van der Waals surface area contributed by atoms with Gasteiger partial charge in [-0.15, -0.1) is 11.3 Å². The van der Waals surface area contributed by atoms with Gasteiger partial charge in [0.05, 0.1) is 4.34 Å². The summed E-state index contributed by atoms with van der Waals surface area (Å²) in [6.07, 6.45) is 4.07. The molecule has 16 heavy (non-hydrogen) atoms. The molecule has 0 amide bonds. The lowest BCUT2D eigenvalue weighted by Crippen LogP contribution is -2.58. The maximum Gasteiger partial charge on any atom is 0.0973 e. The lowest BCUT2D eigenvalue weighted by atomic mass is 9.94. The molecule has 1 aromatic heterocycles. The number of hydrogen-bond donors (Lipinski definition) is 1. The van der Waals surface area contributed by atoms with Crippen molar-refractivity contribution in [3.05, 3.63) is 21.3 Å². The van der Waals surface area contributed by atoms with Crippen LogP contribution in [0.15, 0.2) is 11.4 Å². The van der Waals surface area contributed by atoms with Crippen molar-refractivity contribution in [2.45, 2.75) is 37.9 Å². The normalized spacial score (nSPS) is 30.6. The summed E-state index contributed by atoms with van der Waals surface area (Å²) in [7, 11) is 0. The number of rotatable bonds is 2. The molecule has 3 heterocycles. The molecule has 2 unspecified atom stereocenters. The average Bonchev–Trinajstić information content (AvgIpc) is 2.64. The topological polar surface area (TPSA) is 15.3 Å². The van der Waals surface area contributed by atoms with Crippen LogP contribution in [0, 0.1) is 0 Å². The molecule has 2 fully saturated rings. The Morgan fingerprint density at radius 3 is 2.75 bits per heavy atom. The summed E-state index contributed by atoms with van der Waals surface area (Å²) in [6.45, 7) is 3.39. The van der Waals surface area contributed by atoms with E-state index in [0.29, 0.717) is 12.1 Å². The van der Waals surface area contributed by atoms with E-state index in [1.165, 1.54) is 37.9 Å². The van der Waals surface area contributed by atoms with E-state index in [-0.39, 0.29) is 0 Å². The Hall–Kier alpha value is -0.0900. The molecule has 0 aliphatic carbocycles. The molecule has 0 spiro atoms. The van der Waals surface area contributed by atoms with Gasteiger partial charge in [-0.1, -0.05) is 18.0 Å². The van der Waals surface area contributed by atoms with Crippen LogP contribution in [0.1, 0.15) is 24.8 Å². The van der Waals surface area contributed by atoms with Gasteiger partial charge < -0.3 is 5.32 Å². The van der Waals surface area contributed by atoms with Gasteiger partial charge in [-0.3, -0.25) is 4.90 Å². The molecule has 2 atom stereocenters. The molecule has 2 saturated heterocycles. The fourth-order valence-corrected chi connectivity index (χ4v) is 3.81. The largest absolute Gasteiger partial charge is 0.309 e. The molecule has 88 valence electrons. The first-order chi connectivity index (χ1) is 7.81. The third-order valence-electron chi connectivity index (χ3n) is 3.62. The van der Waals surface area contributed by atoms with E-state index in [0.717, 1.165) is 10.9 Å². The molecule has 2 nitrogen and oxygen atoms in total. The van der Waals surface area contributed by atoms with Crippen LogP contribution in [0.25, 0.3) is 0 Å². The number of likely N-dealkylation sites (tertiary alicyclic amines) is 1. The Bertz CT molecular complexity index is 354. The van der Waals surface area contributed by atoms with Gasteiger partial charge in [-0.2, -0.15) is 0 Å². The number of piperidine rings is 1. The van der Waals surface area contributed by atoms with Crippen molar-refractivity contribution in [3.63, 3.8) is 0 Å². The SMILES string of the molecule is Clc1sccc1CN1CC2CCCC(C1)N2. The van der Waals surface area contributed by atoms with Gasteiger partial charge >= 0.3 is 0 Å². The van der Waals surface area contributed by atoms with E-state index < -0.39 is 0 Å². The van der Waals surface area contributed by atoms with E-state index in [2.05, 4.69) is 21.7 Å². The van der Waals surface area contributed by atoms with Crippen LogP contribution in [-0.2, 0) is 6.54 Å². The molecule has 1 N–H and O–H groups in total. The van der Waals surface area contributed by atoms with E-state index in [1.807, 2.05) is 0 Å². The Morgan fingerprint density at radius 2 is 2.12 bits per heavy atom. The number of thiophene rings is 1.